The Labute approximate surface area is 128 Å². The largest absolute Gasteiger partial charge is 0.356 e. The van der Waals surface area contributed by atoms with E-state index in [0.717, 1.165) is 36.6 Å². The summed E-state index contributed by atoms with van der Waals surface area (Å²) in [5.41, 5.74) is 6.05. The lowest BCUT2D eigenvalue weighted by atomic mass is 10.1. The van der Waals surface area contributed by atoms with Gasteiger partial charge in [0, 0.05) is 37.1 Å². The molecule has 1 aliphatic heterocycles. The molecule has 0 atom stereocenters. The highest BCUT2D eigenvalue weighted by Gasteiger charge is 2.20. The lowest BCUT2D eigenvalue weighted by Gasteiger charge is -2.25. The molecule has 0 amide bonds. The van der Waals surface area contributed by atoms with Crippen molar-refractivity contribution in [2.45, 2.75) is 26.4 Å². The van der Waals surface area contributed by atoms with Crippen molar-refractivity contribution in [2.24, 2.45) is 0 Å². The van der Waals surface area contributed by atoms with Crippen molar-refractivity contribution in [2.75, 3.05) is 6.54 Å². The zero-order valence-corrected chi connectivity index (χ0v) is 12.7. The Balaban J connectivity index is 1.63. The van der Waals surface area contributed by atoms with Crippen LogP contribution < -0.4 is 0 Å². The minimum absolute atomic E-state index is 0.788. The quantitative estimate of drug-likeness (QED) is 0.762. The number of nitrogens with one attached hydrogen (secondary N) is 2. The second-order valence-electron chi connectivity index (χ2n) is 5.68. The van der Waals surface area contributed by atoms with Crippen LogP contribution >= 0.6 is 11.6 Å². The standard InChI is InChI=1S/C16H17ClN4/c1-10-11-3-2-4-12(17)16(11)20-14(10)7-21-6-5-13-15(8-21)19-9-18-13/h2-4,9,20H,5-8H2,1H3,(H,18,19). The number of aryl methyl sites for hydroxylation is 1. The topological polar surface area (TPSA) is 47.7 Å². The first-order valence-corrected chi connectivity index (χ1v) is 7.59. The highest BCUT2D eigenvalue weighted by atomic mass is 35.5. The molecule has 1 aliphatic rings. The normalized spacial score (nSPS) is 15.5. The van der Waals surface area contributed by atoms with Gasteiger partial charge in [-0.15, -0.1) is 0 Å². The first-order chi connectivity index (χ1) is 10.2. The van der Waals surface area contributed by atoms with Crippen LogP contribution in [0.15, 0.2) is 24.5 Å². The van der Waals surface area contributed by atoms with E-state index in [1.807, 2.05) is 12.1 Å². The molecule has 21 heavy (non-hydrogen) atoms. The number of benzene rings is 1. The summed E-state index contributed by atoms with van der Waals surface area (Å²) in [7, 11) is 0. The van der Waals surface area contributed by atoms with Crippen molar-refractivity contribution in [3.8, 4) is 0 Å². The molecule has 0 unspecified atom stereocenters. The summed E-state index contributed by atoms with van der Waals surface area (Å²) in [4.78, 5) is 13.5. The van der Waals surface area contributed by atoms with Gasteiger partial charge < -0.3 is 9.97 Å². The minimum atomic E-state index is 0.788. The Morgan fingerprint density at radius 1 is 1.38 bits per heavy atom. The van der Waals surface area contributed by atoms with Gasteiger partial charge in [0.15, 0.2) is 0 Å². The number of fused-ring (bicyclic) bond motifs is 2. The van der Waals surface area contributed by atoms with E-state index < -0.39 is 0 Å². The van der Waals surface area contributed by atoms with Crippen LogP contribution in [-0.2, 0) is 19.5 Å². The maximum absolute atomic E-state index is 6.28. The number of hydrogen-bond donors (Lipinski definition) is 2. The molecule has 0 aliphatic carbocycles. The predicted octanol–water partition coefficient (Wildman–Crippen LogP) is 3.41. The summed E-state index contributed by atoms with van der Waals surface area (Å²) in [6.45, 7) is 5.05. The second kappa shape index (κ2) is 4.90. The number of H-pyrrole nitrogens is 2. The van der Waals surface area contributed by atoms with Crippen molar-refractivity contribution in [1.82, 2.24) is 19.9 Å². The molecule has 0 fully saturated rings. The molecule has 4 rings (SSSR count). The third-order valence-electron chi connectivity index (χ3n) is 4.38. The van der Waals surface area contributed by atoms with Crippen LogP contribution in [0.5, 0.6) is 0 Å². The smallest absolute Gasteiger partial charge is 0.0925 e. The fourth-order valence-corrected chi connectivity index (χ4v) is 3.38. The van der Waals surface area contributed by atoms with E-state index in [4.69, 9.17) is 11.6 Å². The molecule has 2 N–H and O–H groups in total. The van der Waals surface area contributed by atoms with Crippen molar-refractivity contribution in [3.63, 3.8) is 0 Å². The van der Waals surface area contributed by atoms with E-state index in [0.29, 0.717) is 0 Å². The summed E-state index contributed by atoms with van der Waals surface area (Å²) in [6.07, 6.45) is 2.81. The average Bonchev–Trinajstić information content (AvgIpc) is 3.06. The molecule has 2 aromatic heterocycles. The Morgan fingerprint density at radius 2 is 2.29 bits per heavy atom. The van der Waals surface area contributed by atoms with Gasteiger partial charge in [-0.2, -0.15) is 0 Å². The maximum Gasteiger partial charge on any atom is 0.0925 e. The Bertz CT molecular complexity index is 802. The van der Waals surface area contributed by atoms with Crippen LogP contribution in [0, 0.1) is 6.92 Å². The fourth-order valence-electron chi connectivity index (χ4n) is 3.16. The fraction of sp³-hybridized carbons (Fsp3) is 0.312. The first kappa shape index (κ1) is 12.9. The molecule has 0 spiro atoms. The highest BCUT2D eigenvalue weighted by molar-refractivity contribution is 6.35. The third kappa shape index (κ3) is 2.15. The van der Waals surface area contributed by atoms with Crippen LogP contribution in [0.25, 0.3) is 10.9 Å². The number of aromatic amines is 2. The van der Waals surface area contributed by atoms with E-state index in [1.165, 1.54) is 28.0 Å². The van der Waals surface area contributed by atoms with Crippen LogP contribution in [0.2, 0.25) is 5.02 Å². The minimum Gasteiger partial charge on any atom is -0.356 e. The van der Waals surface area contributed by atoms with Crippen molar-refractivity contribution >= 4 is 22.5 Å². The number of para-hydroxylation sites is 1. The first-order valence-electron chi connectivity index (χ1n) is 7.21. The van der Waals surface area contributed by atoms with E-state index in [1.54, 1.807) is 6.33 Å². The number of rotatable bonds is 2. The van der Waals surface area contributed by atoms with Gasteiger partial charge in [0.25, 0.3) is 0 Å². The Hall–Kier alpha value is -1.78. The van der Waals surface area contributed by atoms with Crippen molar-refractivity contribution in [3.05, 3.63) is 52.2 Å². The molecule has 0 saturated carbocycles. The molecule has 1 aromatic carbocycles. The molecule has 108 valence electrons. The van der Waals surface area contributed by atoms with E-state index in [-0.39, 0.29) is 0 Å². The van der Waals surface area contributed by atoms with E-state index in [9.17, 15) is 0 Å². The van der Waals surface area contributed by atoms with E-state index >= 15 is 0 Å². The molecule has 0 saturated heterocycles. The molecule has 5 heteroatoms. The van der Waals surface area contributed by atoms with Crippen LogP contribution in [-0.4, -0.2) is 26.4 Å². The lowest BCUT2D eigenvalue weighted by molar-refractivity contribution is 0.239. The zero-order valence-electron chi connectivity index (χ0n) is 11.9. The molecule has 0 radical (unpaired) electrons. The van der Waals surface area contributed by atoms with Gasteiger partial charge in [0.2, 0.25) is 0 Å². The number of nitrogens with zero attached hydrogens (tertiary/aromatic N) is 2. The SMILES string of the molecule is Cc1c(CN2CCc3nc[nH]c3C2)[nH]c2c(Cl)cccc12. The summed E-state index contributed by atoms with van der Waals surface area (Å²) in [5, 5.41) is 2.01. The number of hydrogen-bond acceptors (Lipinski definition) is 2. The van der Waals surface area contributed by atoms with Gasteiger partial charge >= 0.3 is 0 Å². The van der Waals surface area contributed by atoms with Gasteiger partial charge in [-0.1, -0.05) is 23.7 Å². The molecule has 4 nitrogen and oxygen atoms in total. The summed E-state index contributed by atoms with van der Waals surface area (Å²) in [5.74, 6) is 0. The van der Waals surface area contributed by atoms with E-state index in [2.05, 4.69) is 32.8 Å². The molecule has 3 heterocycles. The van der Waals surface area contributed by atoms with Crippen LogP contribution in [0.3, 0.4) is 0 Å². The highest BCUT2D eigenvalue weighted by Crippen LogP contribution is 2.28. The van der Waals surface area contributed by atoms with Gasteiger partial charge in [0.1, 0.15) is 0 Å². The summed E-state index contributed by atoms with van der Waals surface area (Å²) in [6, 6.07) is 6.06. The summed E-state index contributed by atoms with van der Waals surface area (Å²) >= 11 is 6.28. The van der Waals surface area contributed by atoms with Crippen LogP contribution in [0.4, 0.5) is 0 Å². The number of imidazole rings is 1. The molecular formula is C16H17ClN4. The van der Waals surface area contributed by atoms with Crippen LogP contribution in [0.1, 0.15) is 22.6 Å². The number of halogens is 1. The lowest BCUT2D eigenvalue weighted by Crippen LogP contribution is -2.30. The average molecular weight is 301 g/mol. The number of aromatic nitrogens is 3. The zero-order chi connectivity index (χ0) is 14.4. The second-order valence-corrected chi connectivity index (χ2v) is 6.09. The van der Waals surface area contributed by atoms with Gasteiger partial charge in [-0.25, -0.2) is 4.98 Å². The van der Waals surface area contributed by atoms with Gasteiger partial charge in [-0.05, 0) is 18.6 Å². The van der Waals surface area contributed by atoms with Crippen molar-refractivity contribution < 1.29 is 0 Å². The van der Waals surface area contributed by atoms with Gasteiger partial charge in [-0.3, -0.25) is 4.90 Å². The van der Waals surface area contributed by atoms with Gasteiger partial charge in [0.05, 0.1) is 28.3 Å². The molecule has 0 bridgehead atoms. The van der Waals surface area contributed by atoms with Crippen molar-refractivity contribution in [1.29, 1.82) is 0 Å². The molecule has 3 aromatic rings. The maximum atomic E-state index is 6.28. The Kier molecular flexibility index (Phi) is 3.01. The monoisotopic (exact) mass is 300 g/mol. The summed E-state index contributed by atoms with van der Waals surface area (Å²) < 4.78 is 0. The molecular weight excluding hydrogens is 284 g/mol. The Morgan fingerprint density at radius 3 is 3.14 bits per heavy atom. The third-order valence-corrected chi connectivity index (χ3v) is 4.70. The predicted molar refractivity (Wildman–Crippen MR) is 84.5 cm³/mol.